The maximum absolute atomic E-state index is 13.2. The number of hydrogen-bond acceptors (Lipinski definition) is 2. The van der Waals surface area contributed by atoms with Gasteiger partial charge in [0.1, 0.15) is 5.82 Å². The van der Waals surface area contributed by atoms with E-state index in [4.69, 9.17) is 0 Å². The molecule has 2 rings (SSSR count). The fourth-order valence-corrected chi connectivity index (χ4v) is 2.65. The van der Waals surface area contributed by atoms with Crippen LogP contribution < -0.4 is 10.2 Å². The van der Waals surface area contributed by atoms with E-state index in [1.807, 2.05) is 30.3 Å². The fraction of sp³-hybridized carbons (Fsp3) is 0.300. The van der Waals surface area contributed by atoms with E-state index in [0.29, 0.717) is 12.2 Å². The SMILES string of the molecule is C[C@H](C(=O)N(C)Cc1ccccc1)[NH+](C)CC(=O)Nc1cccc(F)c1. The van der Waals surface area contributed by atoms with Crippen molar-refractivity contribution < 1.29 is 18.9 Å². The molecule has 0 aromatic heterocycles. The Morgan fingerprint density at radius 3 is 2.50 bits per heavy atom. The highest BCUT2D eigenvalue weighted by Gasteiger charge is 2.26. The first kappa shape index (κ1) is 19.6. The van der Waals surface area contributed by atoms with Crippen molar-refractivity contribution in [2.24, 2.45) is 0 Å². The molecule has 2 aromatic carbocycles. The lowest BCUT2D eigenvalue weighted by atomic mass is 10.2. The number of benzene rings is 2. The Morgan fingerprint density at radius 2 is 1.85 bits per heavy atom. The summed E-state index contributed by atoms with van der Waals surface area (Å²) in [6.07, 6.45) is 0. The van der Waals surface area contributed by atoms with Crippen LogP contribution in [0.2, 0.25) is 0 Å². The Bertz CT molecular complexity index is 752. The van der Waals surface area contributed by atoms with Crippen LogP contribution >= 0.6 is 0 Å². The monoisotopic (exact) mass is 358 g/mol. The zero-order chi connectivity index (χ0) is 19.1. The van der Waals surface area contributed by atoms with E-state index in [1.165, 1.54) is 18.2 Å². The molecule has 2 N–H and O–H groups in total. The molecule has 6 heteroatoms. The van der Waals surface area contributed by atoms with Crippen molar-refractivity contribution in [2.45, 2.75) is 19.5 Å². The van der Waals surface area contributed by atoms with E-state index in [9.17, 15) is 14.0 Å². The number of likely N-dealkylation sites (N-methyl/N-ethyl adjacent to an activating group) is 2. The second kappa shape index (κ2) is 9.10. The van der Waals surface area contributed by atoms with Crippen molar-refractivity contribution in [1.82, 2.24) is 4.90 Å². The second-order valence-electron chi connectivity index (χ2n) is 6.48. The van der Waals surface area contributed by atoms with Gasteiger partial charge < -0.3 is 15.1 Å². The molecule has 0 saturated heterocycles. The van der Waals surface area contributed by atoms with E-state index in [1.54, 1.807) is 32.0 Å². The second-order valence-corrected chi connectivity index (χ2v) is 6.48. The first-order valence-corrected chi connectivity index (χ1v) is 8.53. The average Bonchev–Trinajstić information content (AvgIpc) is 2.61. The number of hydrogen-bond donors (Lipinski definition) is 2. The molecule has 0 aliphatic rings. The maximum atomic E-state index is 13.2. The summed E-state index contributed by atoms with van der Waals surface area (Å²) in [6.45, 7) is 2.43. The van der Waals surface area contributed by atoms with Crippen LogP contribution in [0.25, 0.3) is 0 Å². The summed E-state index contributed by atoms with van der Waals surface area (Å²) in [5, 5.41) is 2.65. The first-order valence-electron chi connectivity index (χ1n) is 8.53. The van der Waals surface area contributed by atoms with Crippen LogP contribution in [0.3, 0.4) is 0 Å². The predicted octanol–water partition coefficient (Wildman–Crippen LogP) is 1.33. The molecule has 0 aliphatic carbocycles. The van der Waals surface area contributed by atoms with Gasteiger partial charge in [0.25, 0.3) is 11.8 Å². The molecule has 2 amide bonds. The van der Waals surface area contributed by atoms with Gasteiger partial charge in [-0.1, -0.05) is 36.4 Å². The zero-order valence-corrected chi connectivity index (χ0v) is 15.3. The first-order chi connectivity index (χ1) is 12.4. The molecule has 0 radical (unpaired) electrons. The maximum Gasteiger partial charge on any atom is 0.280 e. The molecule has 0 aliphatic heterocycles. The van der Waals surface area contributed by atoms with Gasteiger partial charge >= 0.3 is 0 Å². The molecule has 5 nitrogen and oxygen atoms in total. The highest BCUT2D eigenvalue weighted by Crippen LogP contribution is 2.08. The van der Waals surface area contributed by atoms with Crippen molar-refractivity contribution >= 4 is 17.5 Å². The van der Waals surface area contributed by atoms with Crippen LogP contribution in [0.4, 0.5) is 10.1 Å². The summed E-state index contributed by atoms with van der Waals surface area (Å²) < 4.78 is 13.2. The van der Waals surface area contributed by atoms with Gasteiger partial charge in [0.15, 0.2) is 12.6 Å². The van der Waals surface area contributed by atoms with Crippen LogP contribution in [-0.4, -0.2) is 43.4 Å². The Morgan fingerprint density at radius 1 is 1.15 bits per heavy atom. The molecule has 0 spiro atoms. The molecule has 0 bridgehead atoms. The molecular weight excluding hydrogens is 333 g/mol. The Labute approximate surface area is 153 Å². The van der Waals surface area contributed by atoms with Crippen molar-refractivity contribution in [1.29, 1.82) is 0 Å². The molecular formula is C20H25FN3O2+. The van der Waals surface area contributed by atoms with Gasteiger partial charge in [-0.25, -0.2) is 4.39 Å². The van der Waals surface area contributed by atoms with Crippen molar-refractivity contribution in [3.05, 3.63) is 66.0 Å². The molecule has 0 heterocycles. The number of anilines is 1. The lowest BCUT2D eigenvalue weighted by molar-refractivity contribution is -0.886. The van der Waals surface area contributed by atoms with Crippen molar-refractivity contribution in [2.75, 3.05) is 26.0 Å². The van der Waals surface area contributed by atoms with Crippen LogP contribution in [0.1, 0.15) is 12.5 Å². The molecule has 0 fully saturated rings. The van der Waals surface area contributed by atoms with Gasteiger partial charge in [0.2, 0.25) is 0 Å². The highest BCUT2D eigenvalue weighted by molar-refractivity contribution is 5.91. The quantitative estimate of drug-likeness (QED) is 0.785. The fourth-order valence-electron chi connectivity index (χ4n) is 2.65. The summed E-state index contributed by atoms with van der Waals surface area (Å²) in [5.41, 5.74) is 1.46. The molecule has 1 unspecified atom stereocenters. The number of halogens is 1. The van der Waals surface area contributed by atoms with Crippen LogP contribution in [0.15, 0.2) is 54.6 Å². The Hall–Kier alpha value is -2.73. The number of amides is 2. The van der Waals surface area contributed by atoms with Crippen LogP contribution in [0, 0.1) is 5.82 Å². The minimum Gasteiger partial charge on any atom is -0.336 e. The molecule has 2 atom stereocenters. The van der Waals surface area contributed by atoms with Gasteiger partial charge in [-0.05, 0) is 30.7 Å². The van der Waals surface area contributed by atoms with Gasteiger partial charge in [-0.2, -0.15) is 0 Å². The third-order valence-electron chi connectivity index (χ3n) is 4.30. The van der Waals surface area contributed by atoms with Crippen LogP contribution in [0.5, 0.6) is 0 Å². The smallest absolute Gasteiger partial charge is 0.280 e. The largest absolute Gasteiger partial charge is 0.336 e. The summed E-state index contributed by atoms with van der Waals surface area (Å²) in [7, 11) is 3.55. The topological polar surface area (TPSA) is 53.9 Å². The van der Waals surface area contributed by atoms with E-state index in [-0.39, 0.29) is 24.4 Å². The minimum atomic E-state index is -0.408. The van der Waals surface area contributed by atoms with E-state index in [2.05, 4.69) is 5.32 Å². The number of carbonyl (C=O) groups excluding carboxylic acids is 2. The van der Waals surface area contributed by atoms with E-state index in [0.717, 1.165) is 10.5 Å². The predicted molar refractivity (Wildman–Crippen MR) is 99.2 cm³/mol. The van der Waals surface area contributed by atoms with Gasteiger partial charge in [0.05, 0.1) is 7.05 Å². The van der Waals surface area contributed by atoms with Gasteiger partial charge in [-0.3, -0.25) is 9.59 Å². The average molecular weight is 358 g/mol. The zero-order valence-electron chi connectivity index (χ0n) is 15.3. The Balaban J connectivity index is 1.88. The van der Waals surface area contributed by atoms with Gasteiger partial charge in [-0.15, -0.1) is 0 Å². The van der Waals surface area contributed by atoms with Crippen molar-refractivity contribution in [3.8, 4) is 0 Å². The summed E-state index contributed by atoms with van der Waals surface area (Å²) in [4.78, 5) is 27.2. The Kier molecular flexibility index (Phi) is 6.86. The van der Waals surface area contributed by atoms with E-state index < -0.39 is 5.82 Å². The van der Waals surface area contributed by atoms with Crippen molar-refractivity contribution in [3.63, 3.8) is 0 Å². The number of rotatable bonds is 7. The highest BCUT2D eigenvalue weighted by atomic mass is 19.1. The number of quaternary nitrogens is 1. The van der Waals surface area contributed by atoms with Crippen LogP contribution in [-0.2, 0) is 16.1 Å². The summed E-state index contributed by atoms with van der Waals surface area (Å²) in [5.74, 6) is -0.710. The van der Waals surface area contributed by atoms with E-state index >= 15 is 0 Å². The minimum absolute atomic E-state index is 0.0371. The number of nitrogens with zero attached hydrogens (tertiary/aromatic N) is 1. The third-order valence-corrected chi connectivity index (χ3v) is 4.30. The third kappa shape index (κ3) is 5.67. The normalized spacial score (nSPS) is 12.9. The molecule has 26 heavy (non-hydrogen) atoms. The molecule has 0 saturated carbocycles. The summed E-state index contributed by atoms with van der Waals surface area (Å²) >= 11 is 0. The molecule has 2 aromatic rings. The lowest BCUT2D eigenvalue weighted by Crippen LogP contribution is -3.15. The summed E-state index contributed by atoms with van der Waals surface area (Å²) in [6, 6.07) is 15.1. The molecule has 138 valence electrons. The van der Waals surface area contributed by atoms with Gasteiger partial charge in [0, 0.05) is 19.3 Å². The number of nitrogens with one attached hydrogen (secondary N) is 2. The number of carbonyl (C=O) groups is 2. The lowest BCUT2D eigenvalue weighted by Gasteiger charge is -2.25. The standard InChI is InChI=1S/C20H24FN3O2/c1-15(20(26)24(3)13-16-8-5-4-6-9-16)23(2)14-19(25)22-18-11-7-10-17(21)12-18/h4-12,15H,13-14H2,1-3H3,(H,22,25)/p+1/t15-/m1/s1.